The Kier molecular flexibility index (Phi) is 12.5. The third kappa shape index (κ3) is 8.05. The minimum Gasteiger partial charge on any atom is -0.454 e. The number of amides is 1. The second-order valence-corrected chi connectivity index (χ2v) is 7.00. The highest BCUT2D eigenvalue weighted by atomic mass is 35.5. The molecule has 1 aliphatic heterocycles. The minimum atomic E-state index is -0.487. The van der Waals surface area contributed by atoms with Gasteiger partial charge in [-0.25, -0.2) is 0 Å². The van der Waals surface area contributed by atoms with E-state index in [-0.39, 0.29) is 49.9 Å². The molecule has 0 saturated heterocycles. The summed E-state index contributed by atoms with van der Waals surface area (Å²) < 4.78 is 10.9. The topological polar surface area (TPSA) is 85.4 Å². The van der Waals surface area contributed by atoms with Crippen LogP contribution in [0.25, 0.3) is 0 Å². The Morgan fingerprint density at radius 1 is 0.818 bits per heavy atom. The molecule has 1 unspecified atom stereocenters. The van der Waals surface area contributed by atoms with Crippen molar-refractivity contribution in [3.8, 4) is 11.5 Å². The summed E-state index contributed by atoms with van der Waals surface area (Å²) in [6, 6.07) is 13.0. The Morgan fingerprint density at radius 2 is 1.39 bits per heavy atom. The van der Waals surface area contributed by atoms with E-state index in [9.17, 15) is 4.79 Å². The third-order valence-corrected chi connectivity index (χ3v) is 4.97. The van der Waals surface area contributed by atoms with Gasteiger partial charge in [-0.3, -0.25) is 14.8 Å². The Morgan fingerprint density at radius 3 is 2.03 bits per heavy atom. The molecule has 0 saturated carbocycles. The van der Waals surface area contributed by atoms with Gasteiger partial charge < -0.3 is 20.1 Å². The molecule has 0 fully saturated rings. The number of fused-ring (bicyclic) bond motifs is 1. The number of aromatic nitrogens is 2. The average molecular weight is 514 g/mol. The van der Waals surface area contributed by atoms with E-state index in [1.807, 2.05) is 42.5 Å². The molecule has 0 radical (unpaired) electrons. The highest BCUT2D eigenvalue weighted by molar-refractivity contribution is 5.86. The number of carbonyl (C=O) groups excluding carboxylic acids is 1. The second kappa shape index (κ2) is 14.5. The van der Waals surface area contributed by atoms with E-state index in [0.717, 1.165) is 24.0 Å². The van der Waals surface area contributed by atoms with Crippen molar-refractivity contribution in [2.75, 3.05) is 19.9 Å². The smallest absolute Gasteiger partial charge is 0.241 e. The van der Waals surface area contributed by atoms with Gasteiger partial charge in [-0.05, 0) is 65.9 Å². The monoisotopic (exact) mass is 512 g/mol. The van der Waals surface area contributed by atoms with E-state index in [4.69, 9.17) is 9.47 Å². The van der Waals surface area contributed by atoms with Gasteiger partial charge in [-0.1, -0.05) is 6.07 Å². The van der Waals surface area contributed by atoms with Gasteiger partial charge in [0.25, 0.3) is 0 Å². The zero-order valence-corrected chi connectivity index (χ0v) is 20.3. The molecule has 2 aromatic heterocycles. The van der Waals surface area contributed by atoms with Crippen molar-refractivity contribution in [3.05, 3.63) is 83.9 Å². The van der Waals surface area contributed by atoms with E-state index < -0.39 is 6.04 Å². The molecule has 0 aliphatic carbocycles. The fraction of sp³-hybridized carbons (Fsp3) is 0.261. The predicted octanol–water partition coefficient (Wildman–Crippen LogP) is 3.70. The van der Waals surface area contributed by atoms with Gasteiger partial charge >= 0.3 is 0 Å². The number of hydrogen-bond acceptors (Lipinski definition) is 6. The summed E-state index contributed by atoms with van der Waals surface area (Å²) in [4.78, 5) is 21.1. The van der Waals surface area contributed by atoms with Gasteiger partial charge in [0, 0.05) is 37.9 Å². The van der Waals surface area contributed by atoms with Crippen molar-refractivity contribution in [1.29, 1.82) is 0 Å². The summed E-state index contributed by atoms with van der Waals surface area (Å²) in [6.45, 7) is 1.41. The number of hydrogen-bond donors (Lipinski definition) is 2. The molecule has 1 aliphatic rings. The third-order valence-electron chi connectivity index (χ3n) is 4.97. The molecule has 4 rings (SSSR count). The molecular formula is C23H27Cl3N4O3. The normalized spacial score (nSPS) is 11.9. The molecule has 1 amide bonds. The van der Waals surface area contributed by atoms with Crippen LogP contribution < -0.4 is 20.1 Å². The summed E-state index contributed by atoms with van der Waals surface area (Å²) in [5.74, 6) is 1.29. The van der Waals surface area contributed by atoms with E-state index in [1.54, 1.807) is 24.8 Å². The maximum Gasteiger partial charge on any atom is 0.241 e. The first-order valence-electron chi connectivity index (χ1n) is 9.98. The summed E-state index contributed by atoms with van der Waals surface area (Å²) in [5, 5.41) is 6.43. The SMILES string of the molecule is Cl.Cl.Cl.O=C(NCCc1ccncc1)C(NCCc1ccncc1)c1ccc2c(c1)OCO2. The Balaban J connectivity index is 0.00000181. The van der Waals surface area contributed by atoms with E-state index in [0.29, 0.717) is 24.6 Å². The average Bonchev–Trinajstić information content (AvgIpc) is 3.26. The maximum absolute atomic E-state index is 13.0. The lowest BCUT2D eigenvalue weighted by atomic mass is 10.0. The molecule has 178 valence electrons. The van der Waals surface area contributed by atoms with Crippen LogP contribution in [0, 0.1) is 0 Å². The van der Waals surface area contributed by atoms with Crippen LogP contribution in [0.1, 0.15) is 22.7 Å². The molecule has 10 heteroatoms. The minimum absolute atomic E-state index is 0. The molecule has 1 atom stereocenters. The number of nitrogens with zero attached hydrogens (tertiary/aromatic N) is 2. The van der Waals surface area contributed by atoms with Gasteiger partial charge in [0.15, 0.2) is 11.5 Å². The molecule has 2 N–H and O–H groups in total. The van der Waals surface area contributed by atoms with Gasteiger partial charge in [-0.2, -0.15) is 0 Å². The van der Waals surface area contributed by atoms with E-state index in [1.165, 1.54) is 5.56 Å². The van der Waals surface area contributed by atoms with Crippen LogP contribution in [-0.2, 0) is 17.6 Å². The zero-order chi connectivity index (χ0) is 20.6. The summed E-state index contributed by atoms with van der Waals surface area (Å²) in [6.07, 6.45) is 8.61. The van der Waals surface area contributed by atoms with Crippen molar-refractivity contribution < 1.29 is 14.3 Å². The van der Waals surface area contributed by atoms with Crippen LogP contribution in [0.15, 0.2) is 67.3 Å². The Labute approximate surface area is 211 Å². The van der Waals surface area contributed by atoms with Crippen molar-refractivity contribution in [2.45, 2.75) is 18.9 Å². The summed E-state index contributed by atoms with van der Waals surface area (Å²) in [5.41, 5.74) is 3.14. The van der Waals surface area contributed by atoms with Crippen molar-refractivity contribution >= 4 is 43.1 Å². The Hall–Kier alpha value is -2.58. The second-order valence-electron chi connectivity index (χ2n) is 7.00. The first-order valence-corrected chi connectivity index (χ1v) is 9.98. The molecular weight excluding hydrogens is 487 g/mol. The molecule has 3 heterocycles. The van der Waals surface area contributed by atoms with Gasteiger partial charge in [0.2, 0.25) is 12.7 Å². The molecule has 33 heavy (non-hydrogen) atoms. The van der Waals surface area contributed by atoms with Gasteiger partial charge in [-0.15, -0.1) is 37.2 Å². The lowest BCUT2D eigenvalue weighted by molar-refractivity contribution is -0.123. The first kappa shape index (κ1) is 28.5. The number of carbonyl (C=O) groups is 1. The number of benzene rings is 1. The van der Waals surface area contributed by atoms with E-state index >= 15 is 0 Å². The molecule has 7 nitrogen and oxygen atoms in total. The van der Waals surface area contributed by atoms with Crippen LogP contribution >= 0.6 is 37.2 Å². The molecule has 1 aromatic carbocycles. The molecule has 0 bridgehead atoms. The Bertz CT molecular complexity index is 981. The predicted molar refractivity (Wildman–Crippen MR) is 134 cm³/mol. The van der Waals surface area contributed by atoms with Crippen molar-refractivity contribution in [3.63, 3.8) is 0 Å². The fourth-order valence-corrected chi connectivity index (χ4v) is 3.35. The summed E-state index contributed by atoms with van der Waals surface area (Å²) in [7, 11) is 0. The number of nitrogens with one attached hydrogen (secondary N) is 2. The van der Waals surface area contributed by atoms with Crippen LogP contribution in [0.3, 0.4) is 0 Å². The fourth-order valence-electron chi connectivity index (χ4n) is 3.35. The quantitative estimate of drug-likeness (QED) is 0.454. The highest BCUT2D eigenvalue weighted by Crippen LogP contribution is 2.34. The number of halogens is 3. The first-order chi connectivity index (χ1) is 14.8. The molecule has 0 spiro atoms. The van der Waals surface area contributed by atoms with Gasteiger partial charge in [0.1, 0.15) is 6.04 Å². The molecule has 3 aromatic rings. The van der Waals surface area contributed by atoms with Crippen LogP contribution in [0.4, 0.5) is 0 Å². The highest BCUT2D eigenvalue weighted by Gasteiger charge is 2.23. The van der Waals surface area contributed by atoms with Crippen molar-refractivity contribution in [1.82, 2.24) is 20.6 Å². The number of rotatable bonds is 9. The maximum atomic E-state index is 13.0. The number of pyridine rings is 2. The van der Waals surface area contributed by atoms with Crippen LogP contribution in [-0.4, -0.2) is 35.8 Å². The van der Waals surface area contributed by atoms with Gasteiger partial charge in [0.05, 0.1) is 0 Å². The lowest BCUT2D eigenvalue weighted by Crippen LogP contribution is -2.39. The zero-order valence-electron chi connectivity index (χ0n) is 17.8. The summed E-state index contributed by atoms with van der Waals surface area (Å²) >= 11 is 0. The largest absolute Gasteiger partial charge is 0.454 e. The van der Waals surface area contributed by atoms with Crippen LogP contribution in [0.2, 0.25) is 0 Å². The lowest BCUT2D eigenvalue weighted by Gasteiger charge is -2.19. The van der Waals surface area contributed by atoms with Crippen LogP contribution in [0.5, 0.6) is 11.5 Å². The van der Waals surface area contributed by atoms with E-state index in [2.05, 4.69) is 20.6 Å². The number of ether oxygens (including phenoxy) is 2. The van der Waals surface area contributed by atoms with Crippen molar-refractivity contribution in [2.24, 2.45) is 0 Å². The standard InChI is InChI=1S/C23H24N4O3.3ClH/c28-23(27-14-8-18-5-11-25-12-6-18)22(26-13-7-17-3-9-24-10-4-17)19-1-2-20-21(15-19)30-16-29-20;;;/h1-6,9-12,15,22,26H,7-8,13-14,16H2,(H,27,28);3*1H.